The number of morpholine rings is 2. The fraction of sp³-hybridized carbons (Fsp3) is 0.440. The number of benzene rings is 1. The molecule has 0 radical (unpaired) electrons. The zero-order valence-corrected chi connectivity index (χ0v) is 21.7. The van der Waals surface area contributed by atoms with Crippen LogP contribution in [0.2, 0.25) is 0 Å². The molecule has 198 valence electrons. The molecule has 1 aromatic carbocycles. The third kappa shape index (κ3) is 6.39. The van der Waals surface area contributed by atoms with Gasteiger partial charge in [0.05, 0.1) is 44.4 Å². The van der Waals surface area contributed by atoms with Gasteiger partial charge in [0.25, 0.3) is 0 Å². The minimum Gasteiger partial charge on any atom is -0.476 e. The number of hydrogen-bond acceptors (Lipinski definition) is 10. The summed E-state index contributed by atoms with van der Waals surface area (Å²) in [5, 5.41) is 5.16. The van der Waals surface area contributed by atoms with Crippen molar-refractivity contribution in [3.63, 3.8) is 0 Å². The number of rotatable bonds is 9. The molecule has 37 heavy (non-hydrogen) atoms. The number of fused-ring (bicyclic) bond motifs is 1. The lowest BCUT2D eigenvalue weighted by atomic mass is 10.2. The second kappa shape index (κ2) is 11.5. The van der Waals surface area contributed by atoms with Gasteiger partial charge in [-0.3, -0.25) is 10.3 Å². The van der Waals surface area contributed by atoms with Gasteiger partial charge in [-0.2, -0.15) is 10.1 Å². The standard InChI is InChI=1S/C25H32N6O5S/c1-37(32,33)31-19-20(22-4-2-3-5-23(22)31)18-26-28-24-16-21(30-9-13-35-14-10-30)17-25(27-24)36-15-8-29-6-11-34-12-7-29/h2-5,16-19H,6-15H2,1H3,(H,27,28). The van der Waals surface area contributed by atoms with Gasteiger partial charge in [0.2, 0.25) is 15.9 Å². The second-order valence-electron chi connectivity index (χ2n) is 8.98. The number of hydrogen-bond donors (Lipinski definition) is 1. The molecule has 11 nitrogen and oxygen atoms in total. The highest BCUT2D eigenvalue weighted by molar-refractivity contribution is 7.89. The van der Waals surface area contributed by atoms with E-state index < -0.39 is 10.0 Å². The van der Waals surface area contributed by atoms with Gasteiger partial charge in [0, 0.05) is 67.7 Å². The number of aromatic nitrogens is 2. The summed E-state index contributed by atoms with van der Waals surface area (Å²) in [7, 11) is -3.45. The van der Waals surface area contributed by atoms with Gasteiger partial charge < -0.3 is 19.1 Å². The van der Waals surface area contributed by atoms with E-state index in [9.17, 15) is 8.42 Å². The lowest BCUT2D eigenvalue weighted by Gasteiger charge is -2.29. The van der Waals surface area contributed by atoms with Crippen LogP contribution in [0.1, 0.15) is 5.56 Å². The van der Waals surface area contributed by atoms with Crippen LogP contribution in [0.3, 0.4) is 0 Å². The van der Waals surface area contributed by atoms with Crippen LogP contribution in [-0.4, -0.2) is 101 Å². The van der Waals surface area contributed by atoms with Crippen molar-refractivity contribution in [2.24, 2.45) is 5.10 Å². The van der Waals surface area contributed by atoms with E-state index in [2.05, 4.69) is 25.3 Å². The van der Waals surface area contributed by atoms with Crippen LogP contribution in [0.15, 0.2) is 47.7 Å². The normalized spacial score (nSPS) is 17.5. The predicted octanol–water partition coefficient (Wildman–Crippen LogP) is 1.84. The molecular formula is C25H32N6O5S. The van der Waals surface area contributed by atoms with Crippen molar-refractivity contribution in [2.75, 3.05) is 82.3 Å². The SMILES string of the molecule is CS(=O)(=O)n1cc(C=NNc2cc(N3CCOCC3)cc(OCCN3CCOCC3)n2)c2ccccc21. The molecule has 2 aliphatic rings. The Bertz CT molecular complexity index is 1350. The van der Waals surface area contributed by atoms with E-state index in [4.69, 9.17) is 14.2 Å². The van der Waals surface area contributed by atoms with E-state index in [0.29, 0.717) is 42.6 Å². The monoisotopic (exact) mass is 528 g/mol. The first kappa shape index (κ1) is 25.5. The Labute approximate surface area is 216 Å². The van der Waals surface area contributed by atoms with Gasteiger partial charge in [-0.25, -0.2) is 12.4 Å². The van der Waals surface area contributed by atoms with Crippen LogP contribution in [0.4, 0.5) is 11.5 Å². The molecule has 3 aromatic rings. The smallest absolute Gasteiger partial charge is 0.236 e. The molecule has 0 atom stereocenters. The van der Waals surface area contributed by atoms with E-state index in [0.717, 1.165) is 57.0 Å². The molecule has 0 aliphatic carbocycles. The largest absolute Gasteiger partial charge is 0.476 e. The van der Waals surface area contributed by atoms with Crippen molar-refractivity contribution in [1.82, 2.24) is 13.9 Å². The van der Waals surface area contributed by atoms with Crippen molar-refractivity contribution in [3.05, 3.63) is 48.2 Å². The summed E-state index contributed by atoms with van der Waals surface area (Å²) in [6.07, 6.45) is 4.36. The lowest BCUT2D eigenvalue weighted by molar-refractivity contribution is 0.0320. The molecule has 0 saturated carbocycles. The van der Waals surface area contributed by atoms with Crippen molar-refractivity contribution < 1.29 is 22.6 Å². The molecule has 2 aromatic heterocycles. The van der Waals surface area contributed by atoms with Crippen molar-refractivity contribution in [1.29, 1.82) is 0 Å². The Hall–Kier alpha value is -3.19. The van der Waals surface area contributed by atoms with E-state index in [1.165, 1.54) is 10.2 Å². The van der Waals surface area contributed by atoms with Crippen LogP contribution in [0.5, 0.6) is 5.88 Å². The van der Waals surface area contributed by atoms with E-state index in [1.807, 2.05) is 30.3 Å². The number of ether oxygens (including phenoxy) is 3. The van der Waals surface area contributed by atoms with Gasteiger partial charge in [0.15, 0.2) is 5.82 Å². The molecule has 0 spiro atoms. The molecule has 0 unspecified atom stereocenters. The van der Waals surface area contributed by atoms with Crippen LogP contribution >= 0.6 is 0 Å². The highest BCUT2D eigenvalue weighted by atomic mass is 32.2. The third-order valence-electron chi connectivity index (χ3n) is 6.37. The first-order valence-electron chi connectivity index (χ1n) is 12.3. The minimum atomic E-state index is -3.45. The number of nitrogens with zero attached hydrogens (tertiary/aromatic N) is 5. The fourth-order valence-corrected chi connectivity index (χ4v) is 5.27. The minimum absolute atomic E-state index is 0.517. The number of para-hydroxylation sites is 1. The maximum atomic E-state index is 12.2. The molecule has 5 rings (SSSR count). The number of nitrogens with one attached hydrogen (secondary N) is 1. The second-order valence-corrected chi connectivity index (χ2v) is 10.8. The topological polar surface area (TPSA) is 111 Å². The third-order valence-corrected chi connectivity index (χ3v) is 7.39. The molecular weight excluding hydrogens is 496 g/mol. The molecule has 0 amide bonds. The lowest BCUT2D eigenvalue weighted by Crippen LogP contribution is -2.38. The van der Waals surface area contributed by atoms with E-state index in [-0.39, 0.29) is 0 Å². The van der Waals surface area contributed by atoms with Gasteiger partial charge in [-0.05, 0) is 6.07 Å². The van der Waals surface area contributed by atoms with E-state index >= 15 is 0 Å². The van der Waals surface area contributed by atoms with Crippen LogP contribution < -0.4 is 15.1 Å². The predicted molar refractivity (Wildman–Crippen MR) is 143 cm³/mol. The summed E-state index contributed by atoms with van der Waals surface area (Å²) in [5.74, 6) is 1.05. The molecule has 2 aliphatic heterocycles. The van der Waals surface area contributed by atoms with Gasteiger partial charge in [-0.1, -0.05) is 18.2 Å². The van der Waals surface area contributed by atoms with Crippen LogP contribution in [-0.2, 0) is 19.5 Å². The Balaban J connectivity index is 1.34. The van der Waals surface area contributed by atoms with Crippen molar-refractivity contribution >= 4 is 38.6 Å². The molecule has 12 heteroatoms. The number of anilines is 2. The van der Waals surface area contributed by atoms with Crippen molar-refractivity contribution in [2.45, 2.75) is 0 Å². The Morgan fingerprint density at radius 2 is 1.81 bits per heavy atom. The zero-order chi connectivity index (χ0) is 25.7. The Kier molecular flexibility index (Phi) is 7.89. The van der Waals surface area contributed by atoms with Crippen LogP contribution in [0.25, 0.3) is 10.9 Å². The summed E-state index contributed by atoms with van der Waals surface area (Å²) in [4.78, 5) is 9.14. The summed E-state index contributed by atoms with van der Waals surface area (Å²) in [6, 6.07) is 11.2. The molecule has 1 N–H and O–H groups in total. The van der Waals surface area contributed by atoms with Crippen LogP contribution in [0, 0.1) is 0 Å². The average Bonchev–Trinajstić information content (AvgIpc) is 3.29. The number of hydrazone groups is 1. The van der Waals surface area contributed by atoms with Gasteiger partial charge in [-0.15, -0.1) is 0 Å². The summed E-state index contributed by atoms with van der Waals surface area (Å²) < 4.78 is 42.7. The summed E-state index contributed by atoms with van der Waals surface area (Å²) in [6.45, 7) is 7.53. The number of pyridine rings is 1. The molecule has 0 bridgehead atoms. The Morgan fingerprint density at radius 1 is 1.08 bits per heavy atom. The van der Waals surface area contributed by atoms with Crippen molar-refractivity contribution in [3.8, 4) is 5.88 Å². The molecule has 2 fully saturated rings. The quantitative estimate of drug-likeness (QED) is 0.329. The summed E-state index contributed by atoms with van der Waals surface area (Å²) in [5.41, 5.74) is 5.26. The Morgan fingerprint density at radius 3 is 2.57 bits per heavy atom. The zero-order valence-electron chi connectivity index (χ0n) is 20.9. The average molecular weight is 529 g/mol. The molecule has 4 heterocycles. The van der Waals surface area contributed by atoms with Gasteiger partial charge >= 0.3 is 0 Å². The summed E-state index contributed by atoms with van der Waals surface area (Å²) >= 11 is 0. The van der Waals surface area contributed by atoms with E-state index in [1.54, 1.807) is 18.5 Å². The molecule has 2 saturated heterocycles. The maximum absolute atomic E-state index is 12.2. The first-order valence-corrected chi connectivity index (χ1v) is 14.2. The first-order chi connectivity index (χ1) is 18.0. The fourth-order valence-electron chi connectivity index (χ4n) is 4.45. The van der Waals surface area contributed by atoms with Gasteiger partial charge in [0.1, 0.15) is 6.61 Å². The highest BCUT2D eigenvalue weighted by Crippen LogP contribution is 2.25. The maximum Gasteiger partial charge on any atom is 0.236 e. The highest BCUT2D eigenvalue weighted by Gasteiger charge is 2.16.